The van der Waals surface area contributed by atoms with Gasteiger partial charge in [-0.3, -0.25) is 0 Å². The Morgan fingerprint density at radius 1 is 1.29 bits per heavy atom. The first-order valence-electron chi connectivity index (χ1n) is 6.07. The van der Waals surface area contributed by atoms with Crippen molar-refractivity contribution >= 4 is 23.2 Å². The molecule has 1 aromatic rings. The van der Waals surface area contributed by atoms with Crippen LogP contribution in [0.4, 0.5) is 0 Å². The third kappa shape index (κ3) is 4.06. The van der Waals surface area contributed by atoms with Gasteiger partial charge in [-0.25, -0.2) is 0 Å². The van der Waals surface area contributed by atoms with Crippen molar-refractivity contribution < 1.29 is 4.74 Å². The summed E-state index contributed by atoms with van der Waals surface area (Å²) in [6, 6.07) is 5.91. The molecule has 1 atom stereocenters. The van der Waals surface area contributed by atoms with Crippen molar-refractivity contribution in [1.29, 1.82) is 0 Å². The van der Waals surface area contributed by atoms with E-state index in [9.17, 15) is 0 Å². The van der Waals surface area contributed by atoms with Crippen LogP contribution in [0.5, 0.6) is 5.75 Å². The van der Waals surface area contributed by atoms with Gasteiger partial charge in [-0.05, 0) is 44.0 Å². The predicted molar refractivity (Wildman–Crippen MR) is 72.2 cm³/mol. The van der Waals surface area contributed by atoms with E-state index in [1.807, 2.05) is 6.07 Å². The van der Waals surface area contributed by atoms with Gasteiger partial charge in [-0.2, -0.15) is 0 Å². The largest absolute Gasteiger partial charge is 0.492 e. The normalized spacial score (nSPS) is 20.2. The van der Waals surface area contributed by atoms with Crippen molar-refractivity contribution in [3.63, 3.8) is 0 Å². The molecule has 4 heteroatoms. The van der Waals surface area contributed by atoms with Gasteiger partial charge < -0.3 is 10.1 Å². The van der Waals surface area contributed by atoms with Gasteiger partial charge >= 0.3 is 0 Å². The van der Waals surface area contributed by atoms with Gasteiger partial charge in [0.2, 0.25) is 0 Å². The minimum Gasteiger partial charge on any atom is -0.492 e. The molecule has 17 heavy (non-hydrogen) atoms. The summed E-state index contributed by atoms with van der Waals surface area (Å²) in [6.07, 6.45) is 4.89. The van der Waals surface area contributed by atoms with Crippen LogP contribution < -0.4 is 10.1 Å². The average Bonchev–Trinajstić information content (AvgIpc) is 2.33. The zero-order valence-corrected chi connectivity index (χ0v) is 11.2. The third-order valence-electron chi connectivity index (χ3n) is 3.03. The smallest absolute Gasteiger partial charge is 0.137 e. The van der Waals surface area contributed by atoms with Gasteiger partial charge in [0.1, 0.15) is 5.75 Å². The van der Waals surface area contributed by atoms with E-state index in [0.717, 1.165) is 13.0 Å². The SMILES string of the molecule is Clc1ccc(OCC[C@H]2CCCCN2)c(Cl)c1. The molecule has 0 aromatic heterocycles. The predicted octanol–water partition coefficient (Wildman–Crippen LogP) is 3.90. The number of ether oxygens (including phenoxy) is 1. The van der Waals surface area contributed by atoms with Crippen LogP contribution in [-0.4, -0.2) is 19.2 Å². The Labute approximate surface area is 112 Å². The number of nitrogens with one attached hydrogen (secondary N) is 1. The van der Waals surface area contributed by atoms with Crippen LogP contribution in [0.2, 0.25) is 10.0 Å². The summed E-state index contributed by atoms with van der Waals surface area (Å²) in [5, 5.41) is 4.71. The Hall–Kier alpha value is -0.440. The molecule has 1 aliphatic rings. The monoisotopic (exact) mass is 273 g/mol. The van der Waals surface area contributed by atoms with Crippen molar-refractivity contribution in [1.82, 2.24) is 5.32 Å². The summed E-state index contributed by atoms with van der Waals surface area (Å²) in [6.45, 7) is 1.82. The van der Waals surface area contributed by atoms with Crippen molar-refractivity contribution in [3.8, 4) is 5.75 Å². The van der Waals surface area contributed by atoms with E-state index >= 15 is 0 Å². The Bertz CT molecular complexity index is 364. The highest BCUT2D eigenvalue weighted by Gasteiger charge is 2.12. The van der Waals surface area contributed by atoms with E-state index < -0.39 is 0 Å². The van der Waals surface area contributed by atoms with E-state index in [0.29, 0.717) is 28.4 Å². The number of hydrogen-bond acceptors (Lipinski definition) is 2. The van der Waals surface area contributed by atoms with Crippen molar-refractivity contribution in [2.75, 3.05) is 13.2 Å². The lowest BCUT2D eigenvalue weighted by Crippen LogP contribution is -2.35. The fraction of sp³-hybridized carbons (Fsp3) is 0.538. The number of piperidine rings is 1. The summed E-state index contributed by atoms with van der Waals surface area (Å²) >= 11 is 11.8. The molecule has 0 aliphatic carbocycles. The topological polar surface area (TPSA) is 21.3 Å². The van der Waals surface area contributed by atoms with Gasteiger partial charge in [0.25, 0.3) is 0 Å². The van der Waals surface area contributed by atoms with E-state index in [-0.39, 0.29) is 0 Å². The lowest BCUT2D eigenvalue weighted by Gasteiger charge is -2.23. The molecule has 0 radical (unpaired) electrons. The lowest BCUT2D eigenvalue weighted by molar-refractivity contribution is 0.268. The Morgan fingerprint density at radius 3 is 2.88 bits per heavy atom. The van der Waals surface area contributed by atoms with E-state index in [1.54, 1.807) is 12.1 Å². The van der Waals surface area contributed by atoms with E-state index in [4.69, 9.17) is 27.9 Å². The minimum absolute atomic E-state index is 0.578. The lowest BCUT2D eigenvalue weighted by atomic mass is 10.0. The highest BCUT2D eigenvalue weighted by atomic mass is 35.5. The first-order chi connectivity index (χ1) is 8.25. The molecule has 94 valence electrons. The number of hydrogen-bond donors (Lipinski definition) is 1. The molecule has 1 heterocycles. The fourth-order valence-electron chi connectivity index (χ4n) is 2.07. The minimum atomic E-state index is 0.578. The second-order valence-electron chi connectivity index (χ2n) is 4.36. The molecular weight excluding hydrogens is 257 g/mol. The third-order valence-corrected chi connectivity index (χ3v) is 3.56. The Morgan fingerprint density at radius 2 is 2.18 bits per heavy atom. The molecule has 0 spiro atoms. The van der Waals surface area contributed by atoms with Gasteiger partial charge in [0, 0.05) is 11.1 Å². The highest BCUT2D eigenvalue weighted by molar-refractivity contribution is 6.35. The first-order valence-corrected chi connectivity index (χ1v) is 6.82. The van der Waals surface area contributed by atoms with Gasteiger partial charge in [0.05, 0.1) is 11.6 Å². The molecule has 0 amide bonds. The quantitative estimate of drug-likeness (QED) is 0.899. The second-order valence-corrected chi connectivity index (χ2v) is 5.20. The van der Waals surface area contributed by atoms with Crippen LogP contribution >= 0.6 is 23.2 Å². The molecule has 1 aliphatic heterocycles. The fourth-order valence-corrected chi connectivity index (χ4v) is 2.54. The van der Waals surface area contributed by atoms with E-state index in [1.165, 1.54) is 19.3 Å². The molecule has 0 bridgehead atoms. The summed E-state index contributed by atoms with van der Waals surface area (Å²) in [7, 11) is 0. The molecule has 2 rings (SSSR count). The Balaban J connectivity index is 1.77. The molecule has 1 saturated heterocycles. The molecule has 1 aromatic carbocycles. The maximum atomic E-state index is 6.03. The average molecular weight is 274 g/mol. The number of benzene rings is 1. The standard InChI is InChI=1S/C13H17Cl2NO/c14-10-4-5-13(12(15)9-10)17-8-6-11-3-1-2-7-16-11/h4-5,9,11,16H,1-3,6-8H2/t11-/m1/s1. The zero-order valence-electron chi connectivity index (χ0n) is 9.72. The summed E-state index contributed by atoms with van der Waals surface area (Å²) in [5.41, 5.74) is 0. The Kier molecular flexibility index (Phi) is 4.96. The van der Waals surface area contributed by atoms with Crippen LogP contribution in [0.25, 0.3) is 0 Å². The van der Waals surface area contributed by atoms with Crippen LogP contribution in [0.1, 0.15) is 25.7 Å². The van der Waals surface area contributed by atoms with Crippen LogP contribution in [-0.2, 0) is 0 Å². The van der Waals surface area contributed by atoms with Crippen LogP contribution in [0.15, 0.2) is 18.2 Å². The zero-order chi connectivity index (χ0) is 12.1. The number of rotatable bonds is 4. The summed E-state index contributed by atoms with van der Waals surface area (Å²) < 4.78 is 5.66. The molecule has 2 nitrogen and oxygen atoms in total. The molecule has 0 unspecified atom stereocenters. The number of halogens is 2. The van der Waals surface area contributed by atoms with Crippen LogP contribution in [0, 0.1) is 0 Å². The van der Waals surface area contributed by atoms with Crippen molar-refractivity contribution in [2.45, 2.75) is 31.7 Å². The van der Waals surface area contributed by atoms with E-state index in [2.05, 4.69) is 5.32 Å². The summed E-state index contributed by atoms with van der Waals surface area (Å²) in [5.74, 6) is 0.715. The van der Waals surface area contributed by atoms with Crippen molar-refractivity contribution in [2.24, 2.45) is 0 Å². The maximum Gasteiger partial charge on any atom is 0.137 e. The molecule has 0 saturated carbocycles. The van der Waals surface area contributed by atoms with Gasteiger partial charge in [-0.1, -0.05) is 29.6 Å². The first kappa shape index (κ1) is 13.0. The maximum absolute atomic E-state index is 6.03. The van der Waals surface area contributed by atoms with Crippen molar-refractivity contribution in [3.05, 3.63) is 28.2 Å². The van der Waals surface area contributed by atoms with Crippen LogP contribution in [0.3, 0.4) is 0 Å². The molecular formula is C13H17Cl2NO. The highest BCUT2D eigenvalue weighted by Crippen LogP contribution is 2.27. The summed E-state index contributed by atoms with van der Waals surface area (Å²) in [4.78, 5) is 0. The van der Waals surface area contributed by atoms with Gasteiger partial charge in [0.15, 0.2) is 0 Å². The van der Waals surface area contributed by atoms with Gasteiger partial charge in [-0.15, -0.1) is 0 Å². The molecule has 1 fully saturated rings. The second kappa shape index (κ2) is 6.48. The molecule has 1 N–H and O–H groups in total.